The van der Waals surface area contributed by atoms with Gasteiger partial charge >= 0.3 is 0 Å². The molecule has 0 radical (unpaired) electrons. The number of amides is 1. The molecule has 3 aromatic rings. The topological polar surface area (TPSA) is 90.5 Å². The van der Waals surface area contributed by atoms with E-state index in [-0.39, 0.29) is 18.3 Å². The van der Waals surface area contributed by atoms with E-state index in [2.05, 4.69) is 25.9 Å². The Balaban J connectivity index is 1.47. The number of carbonyl (C=O) groups excluding carboxylic acids is 1. The lowest BCUT2D eigenvalue weighted by molar-refractivity contribution is -0.122. The largest absolute Gasteiger partial charge is 0.484 e. The fourth-order valence-electron chi connectivity index (χ4n) is 3.22. The molecule has 31 heavy (non-hydrogen) atoms. The van der Waals surface area contributed by atoms with Gasteiger partial charge in [-0.1, -0.05) is 12.1 Å². The zero-order valence-electron chi connectivity index (χ0n) is 17.8. The first-order chi connectivity index (χ1) is 15.1. The molecule has 1 aromatic heterocycles. The zero-order valence-corrected chi connectivity index (χ0v) is 17.8. The lowest BCUT2D eigenvalue weighted by Gasteiger charge is -2.13. The molecular weight excluding hydrogens is 397 g/mol. The summed E-state index contributed by atoms with van der Waals surface area (Å²) in [5.41, 5.74) is 2.98. The van der Waals surface area contributed by atoms with Crippen LogP contribution < -0.4 is 20.7 Å². The number of H-pyrrole nitrogens is 1. The summed E-state index contributed by atoms with van der Waals surface area (Å²) in [5.74, 6) is 0.921. The summed E-state index contributed by atoms with van der Waals surface area (Å²) >= 11 is 0. The molecule has 0 fully saturated rings. The van der Waals surface area contributed by atoms with E-state index in [9.17, 15) is 9.18 Å². The minimum Gasteiger partial charge on any atom is -0.484 e. The minimum atomic E-state index is -0.240. The third-order valence-electron chi connectivity index (χ3n) is 4.74. The molecule has 1 heterocycles. The van der Waals surface area contributed by atoms with E-state index in [4.69, 9.17) is 4.74 Å². The summed E-state index contributed by atoms with van der Waals surface area (Å²) in [7, 11) is 1.71. The first-order valence-electron chi connectivity index (χ1n) is 10.3. The predicted octanol–water partition coefficient (Wildman–Crippen LogP) is 2.73. The highest BCUT2D eigenvalue weighted by Crippen LogP contribution is 2.19. The average Bonchev–Trinajstić information content (AvgIpc) is 3.17. The number of rotatable bonds is 9. The molecule has 164 valence electrons. The predicted molar refractivity (Wildman–Crippen MR) is 121 cm³/mol. The maximum Gasteiger partial charge on any atom is 0.257 e. The number of aromatic nitrogens is 1. The minimum absolute atomic E-state index is 0.00825. The van der Waals surface area contributed by atoms with E-state index in [1.54, 1.807) is 19.2 Å². The first-order valence-corrected chi connectivity index (χ1v) is 10.3. The monoisotopic (exact) mass is 425 g/mol. The van der Waals surface area contributed by atoms with Crippen LogP contribution in [0.3, 0.4) is 0 Å². The number of guanidine groups is 1. The van der Waals surface area contributed by atoms with Crippen molar-refractivity contribution in [3.05, 3.63) is 65.6 Å². The molecule has 3 rings (SSSR count). The molecule has 0 bridgehead atoms. The highest BCUT2D eigenvalue weighted by Gasteiger charge is 2.06. The zero-order chi connectivity index (χ0) is 22.1. The Kier molecular flexibility index (Phi) is 7.86. The molecule has 1 amide bonds. The van der Waals surface area contributed by atoms with Crippen molar-refractivity contribution in [2.45, 2.75) is 19.9 Å². The molecular formula is C23H28FN5O2. The average molecular weight is 426 g/mol. The molecule has 2 aromatic carbocycles. The number of nitrogens with zero attached hydrogens (tertiary/aromatic N) is 1. The van der Waals surface area contributed by atoms with Crippen LogP contribution in [0.15, 0.2) is 53.7 Å². The van der Waals surface area contributed by atoms with Crippen LogP contribution in [0.25, 0.3) is 10.9 Å². The van der Waals surface area contributed by atoms with Crippen molar-refractivity contribution >= 4 is 22.8 Å². The standard InChI is InChI=1S/C23H28FN5O2/c1-3-26-22(30)15-31-19-6-4-5-16(11-19)13-29-23(25-2)27-10-9-17-14-28-21-8-7-18(24)12-20(17)21/h4-8,11-12,14,28H,3,9-10,13,15H2,1-2H3,(H,26,30)(H2,25,27,29). The summed E-state index contributed by atoms with van der Waals surface area (Å²) in [6.45, 7) is 3.64. The number of halogens is 1. The van der Waals surface area contributed by atoms with Crippen LogP contribution in [0.2, 0.25) is 0 Å². The number of hydrogen-bond donors (Lipinski definition) is 4. The molecule has 0 unspecified atom stereocenters. The highest BCUT2D eigenvalue weighted by atomic mass is 19.1. The second-order valence-electron chi connectivity index (χ2n) is 7.00. The van der Waals surface area contributed by atoms with Gasteiger partial charge in [-0.3, -0.25) is 9.79 Å². The van der Waals surface area contributed by atoms with Crippen molar-refractivity contribution in [3.8, 4) is 5.75 Å². The van der Waals surface area contributed by atoms with Gasteiger partial charge in [0, 0.05) is 43.8 Å². The fraction of sp³-hybridized carbons (Fsp3) is 0.304. The number of aromatic amines is 1. The van der Waals surface area contributed by atoms with E-state index >= 15 is 0 Å². The van der Waals surface area contributed by atoms with Gasteiger partial charge in [-0.25, -0.2) is 4.39 Å². The summed E-state index contributed by atoms with van der Waals surface area (Å²) in [6, 6.07) is 12.3. The van der Waals surface area contributed by atoms with E-state index in [0.29, 0.717) is 31.3 Å². The van der Waals surface area contributed by atoms with Crippen LogP contribution in [0.1, 0.15) is 18.1 Å². The quantitative estimate of drug-likeness (QED) is 0.313. The van der Waals surface area contributed by atoms with Crippen LogP contribution in [-0.2, 0) is 17.8 Å². The Labute approximate surface area is 181 Å². The van der Waals surface area contributed by atoms with E-state index in [1.807, 2.05) is 37.4 Å². The third-order valence-corrected chi connectivity index (χ3v) is 4.74. The Morgan fingerprint density at radius 1 is 1.16 bits per heavy atom. The van der Waals surface area contributed by atoms with Crippen LogP contribution in [-0.4, -0.2) is 43.6 Å². The van der Waals surface area contributed by atoms with Gasteiger partial charge in [0.15, 0.2) is 12.6 Å². The van der Waals surface area contributed by atoms with Crippen molar-refractivity contribution in [2.75, 3.05) is 26.7 Å². The normalized spacial score (nSPS) is 11.4. The summed E-state index contributed by atoms with van der Waals surface area (Å²) in [4.78, 5) is 18.9. The number of benzene rings is 2. The number of ether oxygens (including phenoxy) is 1. The molecule has 0 aliphatic carbocycles. The van der Waals surface area contributed by atoms with Gasteiger partial charge < -0.3 is 25.7 Å². The lowest BCUT2D eigenvalue weighted by Crippen LogP contribution is -2.37. The van der Waals surface area contributed by atoms with Gasteiger partial charge in [0.2, 0.25) is 0 Å². The Bertz CT molecular complexity index is 1050. The van der Waals surface area contributed by atoms with Crippen molar-refractivity contribution in [3.63, 3.8) is 0 Å². The number of fused-ring (bicyclic) bond motifs is 1. The molecule has 4 N–H and O–H groups in total. The number of nitrogens with one attached hydrogen (secondary N) is 4. The van der Waals surface area contributed by atoms with E-state index < -0.39 is 0 Å². The number of aliphatic imine (C=N–C) groups is 1. The van der Waals surface area contributed by atoms with Crippen LogP contribution in [0.4, 0.5) is 4.39 Å². The van der Waals surface area contributed by atoms with Gasteiger partial charge in [0.05, 0.1) is 0 Å². The van der Waals surface area contributed by atoms with Gasteiger partial charge in [-0.05, 0) is 54.8 Å². The number of hydrogen-bond acceptors (Lipinski definition) is 3. The van der Waals surface area contributed by atoms with E-state index in [1.165, 1.54) is 6.07 Å². The Morgan fingerprint density at radius 3 is 2.84 bits per heavy atom. The summed E-state index contributed by atoms with van der Waals surface area (Å²) < 4.78 is 19.1. The first kappa shape index (κ1) is 22.1. The van der Waals surface area contributed by atoms with Gasteiger partial charge in [-0.2, -0.15) is 0 Å². The van der Waals surface area contributed by atoms with Crippen LogP contribution in [0, 0.1) is 5.82 Å². The number of carbonyl (C=O) groups is 1. The van der Waals surface area contributed by atoms with Gasteiger partial charge in [-0.15, -0.1) is 0 Å². The van der Waals surface area contributed by atoms with Crippen molar-refractivity contribution < 1.29 is 13.9 Å². The maximum atomic E-state index is 13.5. The SMILES string of the molecule is CCNC(=O)COc1cccc(CNC(=NC)NCCc2c[nH]c3ccc(F)cc23)c1. The fourth-order valence-corrected chi connectivity index (χ4v) is 3.22. The molecule has 0 spiro atoms. The summed E-state index contributed by atoms with van der Waals surface area (Å²) in [6.07, 6.45) is 2.64. The van der Waals surface area contributed by atoms with Gasteiger partial charge in [0.25, 0.3) is 5.91 Å². The molecule has 0 aliphatic heterocycles. The van der Waals surface area contributed by atoms with Crippen molar-refractivity contribution in [2.24, 2.45) is 4.99 Å². The Hall–Kier alpha value is -3.55. The summed E-state index contributed by atoms with van der Waals surface area (Å²) in [5, 5.41) is 10.1. The molecule has 0 aliphatic rings. The van der Waals surface area contributed by atoms with Crippen LogP contribution >= 0.6 is 0 Å². The second-order valence-corrected chi connectivity index (χ2v) is 7.00. The van der Waals surface area contributed by atoms with Crippen molar-refractivity contribution in [1.29, 1.82) is 0 Å². The van der Waals surface area contributed by atoms with E-state index in [0.717, 1.165) is 28.5 Å². The van der Waals surface area contributed by atoms with Crippen molar-refractivity contribution in [1.82, 2.24) is 20.9 Å². The molecule has 0 saturated carbocycles. The third kappa shape index (κ3) is 6.47. The lowest BCUT2D eigenvalue weighted by atomic mass is 10.1. The molecule has 8 heteroatoms. The van der Waals surface area contributed by atoms with Gasteiger partial charge in [0.1, 0.15) is 11.6 Å². The molecule has 0 saturated heterocycles. The molecule has 0 atom stereocenters. The highest BCUT2D eigenvalue weighted by molar-refractivity contribution is 5.83. The Morgan fingerprint density at radius 2 is 2.03 bits per heavy atom. The number of likely N-dealkylation sites (N-methyl/N-ethyl adjacent to an activating group) is 1. The van der Waals surface area contributed by atoms with Crippen LogP contribution in [0.5, 0.6) is 5.75 Å². The second kappa shape index (κ2) is 11.0. The molecule has 7 nitrogen and oxygen atoms in total. The maximum absolute atomic E-state index is 13.5. The smallest absolute Gasteiger partial charge is 0.257 e.